The van der Waals surface area contributed by atoms with Gasteiger partial charge in [0.15, 0.2) is 0 Å². The van der Waals surface area contributed by atoms with Gasteiger partial charge in [0.05, 0.1) is 0 Å². The predicted octanol–water partition coefficient (Wildman–Crippen LogP) is 5.27. The second-order valence-corrected chi connectivity index (χ2v) is 9.08. The zero-order valence-corrected chi connectivity index (χ0v) is 14.7. The zero-order chi connectivity index (χ0) is 12.2. The Balaban J connectivity index is 2.10. The Morgan fingerprint density at radius 1 is 1.24 bits per heavy atom. The van der Waals surface area contributed by atoms with Gasteiger partial charge in [-0.25, -0.2) is 0 Å². The van der Waals surface area contributed by atoms with Crippen LogP contribution in [-0.2, 0) is 5.41 Å². The van der Waals surface area contributed by atoms with Gasteiger partial charge in [-0.15, -0.1) is 0 Å². The van der Waals surface area contributed by atoms with Crippen LogP contribution >= 0.6 is 45.2 Å². The first kappa shape index (κ1) is 12.7. The van der Waals surface area contributed by atoms with Crippen molar-refractivity contribution in [3.05, 3.63) is 32.9 Å². The lowest BCUT2D eigenvalue weighted by atomic mass is 9.70. The van der Waals surface area contributed by atoms with E-state index in [4.69, 9.17) is 0 Å². The molecule has 3 rings (SSSR count). The van der Waals surface area contributed by atoms with Crippen LogP contribution in [0.25, 0.3) is 0 Å². The number of hydrogen-bond donors (Lipinski definition) is 0. The molecular weight excluding hydrogens is 434 g/mol. The molecule has 1 fully saturated rings. The minimum absolute atomic E-state index is 0.380. The maximum absolute atomic E-state index is 2.65. The highest BCUT2D eigenvalue weighted by atomic mass is 127. The summed E-state index contributed by atoms with van der Waals surface area (Å²) in [5, 5.41) is 0. The van der Waals surface area contributed by atoms with Gasteiger partial charge in [-0.3, -0.25) is 0 Å². The van der Waals surface area contributed by atoms with E-state index in [0.717, 1.165) is 15.8 Å². The van der Waals surface area contributed by atoms with E-state index in [1.165, 1.54) is 22.8 Å². The van der Waals surface area contributed by atoms with Gasteiger partial charge in [-0.2, -0.15) is 0 Å². The summed E-state index contributed by atoms with van der Waals surface area (Å²) in [5.74, 6) is 1.70. The summed E-state index contributed by atoms with van der Waals surface area (Å²) in [4.78, 5) is 0. The van der Waals surface area contributed by atoms with Gasteiger partial charge in [-0.1, -0.05) is 42.5 Å². The topological polar surface area (TPSA) is 0 Å². The molecule has 1 aromatic rings. The number of fused-ring (bicyclic) bond motifs is 3. The van der Waals surface area contributed by atoms with E-state index >= 15 is 0 Å². The molecule has 0 N–H and O–H groups in total. The first-order valence-electron chi connectivity index (χ1n) is 6.44. The molecule has 0 saturated heterocycles. The maximum Gasteiger partial charge on any atom is 0.0133 e. The van der Waals surface area contributed by atoms with Gasteiger partial charge in [-0.05, 0) is 82.4 Å². The summed E-state index contributed by atoms with van der Waals surface area (Å²) >= 11 is 5.10. The average Bonchev–Trinajstić information content (AvgIpc) is 2.49. The number of rotatable bonds is 0. The lowest BCUT2D eigenvalue weighted by Gasteiger charge is -2.37. The molecule has 17 heavy (non-hydrogen) atoms. The fourth-order valence-electron chi connectivity index (χ4n) is 3.90. The summed E-state index contributed by atoms with van der Waals surface area (Å²) in [6.07, 6.45) is 4.21. The molecule has 1 saturated carbocycles. The van der Waals surface area contributed by atoms with Crippen molar-refractivity contribution in [2.45, 2.75) is 48.4 Å². The summed E-state index contributed by atoms with van der Waals surface area (Å²) in [6, 6.07) is 7.11. The van der Waals surface area contributed by atoms with Gasteiger partial charge in [0.1, 0.15) is 0 Å². The van der Waals surface area contributed by atoms with E-state index in [1.54, 1.807) is 11.1 Å². The molecule has 0 aliphatic heterocycles. The predicted molar refractivity (Wildman–Crippen MR) is 90.1 cm³/mol. The van der Waals surface area contributed by atoms with Crippen molar-refractivity contribution in [3.8, 4) is 0 Å². The van der Waals surface area contributed by atoms with Crippen LogP contribution in [0.5, 0.6) is 0 Å². The van der Waals surface area contributed by atoms with Crippen molar-refractivity contribution in [2.24, 2.45) is 5.92 Å². The fraction of sp³-hybridized carbons (Fsp3) is 0.600. The Kier molecular flexibility index (Phi) is 3.26. The van der Waals surface area contributed by atoms with E-state index in [9.17, 15) is 0 Å². The number of benzene rings is 1. The Bertz CT molecular complexity index is 450. The number of alkyl halides is 1. The van der Waals surface area contributed by atoms with Crippen molar-refractivity contribution in [3.63, 3.8) is 0 Å². The van der Waals surface area contributed by atoms with Crippen molar-refractivity contribution in [1.82, 2.24) is 0 Å². The monoisotopic (exact) mass is 452 g/mol. The number of halogens is 2. The van der Waals surface area contributed by atoms with E-state index in [0.29, 0.717) is 5.41 Å². The molecular formula is C15H18I2. The third-order valence-electron chi connectivity index (χ3n) is 4.82. The second kappa shape index (κ2) is 4.36. The highest BCUT2D eigenvalue weighted by molar-refractivity contribution is 14.1. The smallest absolute Gasteiger partial charge is 0.0133 e. The molecule has 0 heterocycles. The maximum atomic E-state index is 2.65. The molecule has 3 atom stereocenters. The van der Waals surface area contributed by atoms with Crippen molar-refractivity contribution in [1.29, 1.82) is 0 Å². The lowest BCUT2D eigenvalue weighted by molar-refractivity contribution is 0.241. The second-order valence-electron chi connectivity index (χ2n) is 6.08. The normalized spacial score (nSPS) is 34.2. The zero-order valence-electron chi connectivity index (χ0n) is 10.3. The van der Waals surface area contributed by atoms with Crippen LogP contribution < -0.4 is 0 Å². The molecule has 2 heteroatoms. The molecule has 0 bridgehead atoms. The molecule has 0 nitrogen and oxygen atoms in total. The van der Waals surface area contributed by atoms with Crippen LogP contribution in [0.4, 0.5) is 0 Å². The molecule has 2 aliphatic rings. The largest absolute Gasteiger partial charge is 0.0826 e. The summed E-state index contributed by atoms with van der Waals surface area (Å²) in [7, 11) is 0. The van der Waals surface area contributed by atoms with E-state index in [1.807, 2.05) is 0 Å². The van der Waals surface area contributed by atoms with Crippen LogP contribution in [0.3, 0.4) is 0 Å². The minimum atomic E-state index is 0.380. The van der Waals surface area contributed by atoms with Crippen molar-refractivity contribution >= 4 is 45.2 Å². The summed E-state index contributed by atoms with van der Waals surface area (Å²) in [5.41, 5.74) is 3.67. The van der Waals surface area contributed by atoms with Gasteiger partial charge in [0, 0.05) is 7.49 Å². The van der Waals surface area contributed by atoms with Gasteiger partial charge < -0.3 is 0 Å². The van der Waals surface area contributed by atoms with Crippen LogP contribution in [0.2, 0.25) is 0 Å². The van der Waals surface area contributed by atoms with E-state index in [-0.39, 0.29) is 0 Å². The first-order chi connectivity index (χ1) is 8.00. The summed E-state index contributed by atoms with van der Waals surface area (Å²) in [6.45, 7) is 4.92. The number of hydrogen-bond acceptors (Lipinski definition) is 0. The standard InChI is InChI=1S/C15H18I2/c1-15(2)13-7-9(16)3-5-11(13)12-6-4-10(17)8-14(12)15/h3,5,7,10,12,14H,4,6,8H2,1-2H3. The quantitative estimate of drug-likeness (QED) is 0.372. The van der Waals surface area contributed by atoms with Crippen LogP contribution in [0.1, 0.15) is 50.2 Å². The van der Waals surface area contributed by atoms with Gasteiger partial charge in [0.2, 0.25) is 0 Å². The molecule has 0 radical (unpaired) electrons. The van der Waals surface area contributed by atoms with Gasteiger partial charge >= 0.3 is 0 Å². The SMILES string of the molecule is CC1(C)c2cc(I)ccc2C2CCC(I)CC21. The lowest BCUT2D eigenvalue weighted by Crippen LogP contribution is -2.31. The highest BCUT2D eigenvalue weighted by Crippen LogP contribution is 2.57. The Morgan fingerprint density at radius 3 is 2.76 bits per heavy atom. The van der Waals surface area contributed by atoms with Crippen molar-refractivity contribution in [2.75, 3.05) is 0 Å². The third-order valence-corrected chi connectivity index (χ3v) is 6.62. The third kappa shape index (κ3) is 1.97. The van der Waals surface area contributed by atoms with Gasteiger partial charge in [0.25, 0.3) is 0 Å². The molecule has 1 aromatic carbocycles. The molecule has 3 unspecified atom stereocenters. The van der Waals surface area contributed by atoms with Crippen molar-refractivity contribution < 1.29 is 0 Å². The van der Waals surface area contributed by atoms with Crippen LogP contribution in [-0.4, -0.2) is 3.92 Å². The van der Waals surface area contributed by atoms with Crippen LogP contribution in [0.15, 0.2) is 18.2 Å². The average molecular weight is 452 g/mol. The molecule has 0 aromatic heterocycles. The molecule has 92 valence electrons. The molecule has 0 spiro atoms. The van der Waals surface area contributed by atoms with E-state index in [2.05, 4.69) is 77.2 Å². The van der Waals surface area contributed by atoms with E-state index < -0.39 is 0 Å². The highest BCUT2D eigenvalue weighted by Gasteiger charge is 2.48. The Hall–Kier alpha value is 0.680. The Labute approximate surface area is 131 Å². The Morgan fingerprint density at radius 2 is 2.00 bits per heavy atom. The summed E-state index contributed by atoms with van der Waals surface area (Å²) < 4.78 is 2.28. The van der Waals surface area contributed by atoms with Crippen LogP contribution in [0, 0.1) is 9.49 Å². The molecule has 2 aliphatic carbocycles. The first-order valence-corrected chi connectivity index (χ1v) is 8.76. The minimum Gasteiger partial charge on any atom is -0.0826 e. The molecule has 0 amide bonds. The fourth-order valence-corrected chi connectivity index (χ4v) is 5.30.